The molecule has 0 amide bonds. The van der Waals surface area contributed by atoms with Crippen LogP contribution in [0, 0.1) is 0 Å². The van der Waals surface area contributed by atoms with Crippen molar-refractivity contribution in [1.82, 2.24) is 0 Å². The van der Waals surface area contributed by atoms with Gasteiger partial charge in [0.15, 0.2) is 0 Å². The quantitative estimate of drug-likeness (QED) is 0.786. The Bertz CT molecular complexity index is 543. The summed E-state index contributed by atoms with van der Waals surface area (Å²) in [7, 11) is 1.39. The van der Waals surface area contributed by atoms with E-state index in [1.165, 1.54) is 5.56 Å². The van der Waals surface area contributed by atoms with Crippen LogP contribution >= 0.6 is 0 Å². The summed E-state index contributed by atoms with van der Waals surface area (Å²) in [6.45, 7) is 2.10. The first-order valence-corrected chi connectivity index (χ1v) is 6.34. The van der Waals surface area contributed by atoms with Gasteiger partial charge in [-0.15, -0.1) is 0 Å². The largest absolute Gasteiger partial charge is 0.602 e. The summed E-state index contributed by atoms with van der Waals surface area (Å²) in [5, 5.41) is 0. The lowest BCUT2D eigenvalue weighted by Crippen LogP contribution is -2.31. The highest BCUT2D eigenvalue weighted by atomic mass is 16.6. The Kier molecular flexibility index (Phi) is 3.07. The van der Waals surface area contributed by atoms with Crippen LogP contribution in [0.1, 0.15) is 18.3 Å². The van der Waals surface area contributed by atoms with Crippen LogP contribution in [0.2, 0.25) is 0 Å². The maximum atomic E-state index is 5.83. The second kappa shape index (κ2) is 4.88. The van der Waals surface area contributed by atoms with Gasteiger partial charge in [0.25, 0.3) is 0 Å². The first kappa shape index (κ1) is 12.0. The van der Waals surface area contributed by atoms with Gasteiger partial charge in [-0.25, -0.2) is 0 Å². The fourth-order valence-corrected chi connectivity index (χ4v) is 2.19. The molecule has 0 aliphatic carbocycles. The van der Waals surface area contributed by atoms with E-state index in [1.54, 1.807) is 7.11 Å². The molecule has 4 heteroatoms. The average Bonchev–Trinajstić information content (AvgIpc) is 2.90. The van der Waals surface area contributed by atoms with Gasteiger partial charge >= 0.3 is 7.12 Å². The Morgan fingerprint density at radius 1 is 0.947 bits per heavy atom. The molecular weight excluding hydrogens is 239 g/mol. The van der Waals surface area contributed by atoms with Crippen LogP contribution < -0.4 is 14.0 Å². The van der Waals surface area contributed by atoms with Gasteiger partial charge in [0, 0.05) is 5.82 Å². The molecule has 0 saturated carbocycles. The summed E-state index contributed by atoms with van der Waals surface area (Å²) in [6, 6.07) is 15.7. The molecule has 19 heavy (non-hydrogen) atoms. The van der Waals surface area contributed by atoms with Crippen molar-refractivity contribution in [2.45, 2.75) is 12.7 Å². The number of benzene rings is 2. The van der Waals surface area contributed by atoms with Crippen molar-refractivity contribution in [3.63, 3.8) is 0 Å². The fraction of sp³-hybridized carbons (Fsp3) is 0.200. The van der Waals surface area contributed by atoms with E-state index in [4.69, 9.17) is 14.0 Å². The lowest BCUT2D eigenvalue weighted by molar-refractivity contribution is 0.414. The molecule has 0 unspecified atom stereocenters. The van der Waals surface area contributed by atoms with E-state index in [0.717, 1.165) is 17.2 Å². The Morgan fingerprint density at radius 2 is 1.53 bits per heavy atom. The van der Waals surface area contributed by atoms with Gasteiger partial charge in [0.2, 0.25) is 0 Å². The molecule has 3 rings (SSSR count). The van der Waals surface area contributed by atoms with E-state index >= 15 is 0 Å². The third-order valence-corrected chi connectivity index (χ3v) is 3.39. The van der Waals surface area contributed by atoms with Crippen molar-refractivity contribution in [3.05, 3.63) is 54.1 Å². The van der Waals surface area contributed by atoms with Crippen LogP contribution in [0.4, 0.5) is 0 Å². The Balaban J connectivity index is 1.77. The molecule has 0 fully saturated rings. The number of ether oxygens (including phenoxy) is 1. The van der Waals surface area contributed by atoms with Gasteiger partial charge in [0.05, 0.1) is 7.11 Å². The number of hydrogen-bond acceptors (Lipinski definition) is 3. The SMILES string of the molecule is COc1ccc([C@H](C)B2Oc3ccccc3O2)cc1. The van der Waals surface area contributed by atoms with Crippen LogP contribution in [0.5, 0.6) is 17.2 Å². The van der Waals surface area contributed by atoms with E-state index in [0.29, 0.717) is 0 Å². The third-order valence-electron chi connectivity index (χ3n) is 3.39. The molecule has 0 spiro atoms. The van der Waals surface area contributed by atoms with Crippen molar-refractivity contribution >= 4 is 7.12 Å². The molecule has 1 aliphatic heterocycles. The molecule has 2 aromatic carbocycles. The second-order valence-corrected chi connectivity index (χ2v) is 4.61. The van der Waals surface area contributed by atoms with E-state index in [2.05, 4.69) is 6.92 Å². The molecule has 0 bridgehead atoms. The summed E-state index contributed by atoms with van der Waals surface area (Å²) in [5.74, 6) is 2.63. The van der Waals surface area contributed by atoms with Gasteiger partial charge in [-0.05, 0) is 29.8 Å². The predicted molar refractivity (Wildman–Crippen MR) is 74.9 cm³/mol. The molecule has 0 N–H and O–H groups in total. The zero-order valence-electron chi connectivity index (χ0n) is 11.0. The number of para-hydroxylation sites is 2. The molecule has 0 aromatic heterocycles. The number of rotatable bonds is 3. The predicted octanol–water partition coefficient (Wildman–Crippen LogP) is 3.30. The van der Waals surface area contributed by atoms with E-state index in [1.807, 2.05) is 48.5 Å². The average molecular weight is 254 g/mol. The maximum Gasteiger partial charge on any atom is 0.602 e. The molecule has 2 aromatic rings. The number of hydrogen-bond donors (Lipinski definition) is 0. The van der Waals surface area contributed by atoms with Gasteiger partial charge in [-0.1, -0.05) is 31.2 Å². The Hall–Kier alpha value is -2.10. The highest BCUT2D eigenvalue weighted by Gasteiger charge is 2.38. The summed E-state index contributed by atoms with van der Waals surface area (Å²) in [6.07, 6.45) is 0. The molecule has 0 radical (unpaired) electrons. The highest BCUT2D eigenvalue weighted by molar-refractivity contribution is 6.49. The molecule has 0 saturated heterocycles. The minimum atomic E-state index is -0.272. The van der Waals surface area contributed by atoms with Crippen molar-refractivity contribution in [3.8, 4) is 17.2 Å². The Labute approximate surface area is 113 Å². The summed E-state index contributed by atoms with van der Waals surface area (Å²) >= 11 is 0. The van der Waals surface area contributed by atoms with Crippen molar-refractivity contribution in [1.29, 1.82) is 0 Å². The monoisotopic (exact) mass is 254 g/mol. The highest BCUT2D eigenvalue weighted by Crippen LogP contribution is 2.36. The molecule has 3 nitrogen and oxygen atoms in total. The smallest absolute Gasteiger partial charge is 0.523 e. The zero-order valence-corrected chi connectivity index (χ0v) is 11.0. The summed E-state index contributed by atoms with van der Waals surface area (Å²) in [4.78, 5) is 0. The van der Waals surface area contributed by atoms with Crippen LogP contribution in [-0.4, -0.2) is 14.2 Å². The number of methoxy groups -OCH3 is 1. The molecule has 1 atom stereocenters. The summed E-state index contributed by atoms with van der Waals surface area (Å²) < 4.78 is 16.8. The molecule has 1 aliphatic rings. The van der Waals surface area contributed by atoms with Crippen LogP contribution in [-0.2, 0) is 0 Å². The minimum Gasteiger partial charge on any atom is -0.523 e. The van der Waals surface area contributed by atoms with Crippen molar-refractivity contribution in [2.24, 2.45) is 0 Å². The van der Waals surface area contributed by atoms with E-state index in [-0.39, 0.29) is 12.9 Å². The Morgan fingerprint density at radius 3 is 2.05 bits per heavy atom. The van der Waals surface area contributed by atoms with Gasteiger partial charge in [-0.2, -0.15) is 0 Å². The normalized spacial score (nSPS) is 14.3. The minimum absolute atomic E-state index is 0.151. The van der Waals surface area contributed by atoms with Crippen molar-refractivity contribution < 1.29 is 14.0 Å². The van der Waals surface area contributed by atoms with Gasteiger partial charge in [-0.3, -0.25) is 0 Å². The van der Waals surface area contributed by atoms with Gasteiger partial charge < -0.3 is 14.0 Å². The lowest BCUT2D eigenvalue weighted by atomic mass is 9.69. The molecule has 96 valence electrons. The zero-order chi connectivity index (χ0) is 13.2. The number of fused-ring (bicyclic) bond motifs is 1. The third kappa shape index (κ3) is 2.26. The first-order valence-electron chi connectivity index (χ1n) is 6.34. The topological polar surface area (TPSA) is 27.7 Å². The van der Waals surface area contributed by atoms with Crippen LogP contribution in [0.15, 0.2) is 48.5 Å². The van der Waals surface area contributed by atoms with E-state index < -0.39 is 0 Å². The fourth-order valence-electron chi connectivity index (χ4n) is 2.19. The first-order chi connectivity index (χ1) is 9.28. The maximum absolute atomic E-state index is 5.83. The standard InChI is InChI=1S/C15H15BO3/c1-11(12-7-9-13(17-2)10-8-12)16-18-14-5-3-4-6-15(14)19-16/h3-11H,1-2H3/t11-/m0/s1. The van der Waals surface area contributed by atoms with Crippen LogP contribution in [0.25, 0.3) is 0 Å². The molecular formula is C15H15BO3. The van der Waals surface area contributed by atoms with Crippen molar-refractivity contribution in [2.75, 3.05) is 7.11 Å². The van der Waals surface area contributed by atoms with E-state index in [9.17, 15) is 0 Å². The lowest BCUT2D eigenvalue weighted by Gasteiger charge is -2.14. The summed E-state index contributed by atoms with van der Waals surface area (Å²) in [5.41, 5.74) is 1.17. The van der Waals surface area contributed by atoms with Gasteiger partial charge in [0.1, 0.15) is 17.2 Å². The van der Waals surface area contributed by atoms with Crippen LogP contribution in [0.3, 0.4) is 0 Å². The molecule has 1 heterocycles. The second-order valence-electron chi connectivity index (χ2n) is 4.61.